The number of hydrogen-bond acceptors (Lipinski definition) is 2. The second kappa shape index (κ2) is 11.6. The number of aliphatic carboxylic acids is 1. The lowest BCUT2D eigenvalue weighted by Gasteiger charge is -2.08. The molecule has 0 aliphatic heterocycles. The molecule has 0 aromatic rings. The van der Waals surface area contributed by atoms with Crippen molar-refractivity contribution in [2.75, 3.05) is 20.6 Å². The van der Waals surface area contributed by atoms with Gasteiger partial charge in [-0.3, -0.25) is 0 Å². The van der Waals surface area contributed by atoms with E-state index in [-0.39, 0.29) is 0 Å². The summed E-state index contributed by atoms with van der Waals surface area (Å²) < 4.78 is 0. The predicted octanol–water partition coefficient (Wildman–Crippen LogP) is 3.31. The van der Waals surface area contributed by atoms with Crippen LogP contribution in [0.4, 0.5) is 0 Å². The molecule has 0 bridgehead atoms. The average molecular weight is 241 g/mol. The van der Waals surface area contributed by atoms with Gasteiger partial charge in [0.15, 0.2) is 0 Å². The van der Waals surface area contributed by atoms with E-state index in [4.69, 9.17) is 5.11 Å². The fraction of sp³-hybridized carbons (Fsp3) is 0.786. The maximum absolute atomic E-state index is 10.2. The summed E-state index contributed by atoms with van der Waals surface area (Å²) in [7, 11) is 4.23. The number of hydrogen-bond donors (Lipinski definition) is 1. The summed E-state index contributed by atoms with van der Waals surface area (Å²) in [5.41, 5.74) is 0. The van der Waals surface area contributed by atoms with Crippen molar-refractivity contribution >= 4 is 5.97 Å². The molecule has 0 atom stereocenters. The van der Waals surface area contributed by atoms with Gasteiger partial charge in [0.05, 0.1) is 0 Å². The van der Waals surface area contributed by atoms with E-state index in [1.54, 1.807) is 6.08 Å². The predicted molar refractivity (Wildman–Crippen MR) is 72.3 cm³/mol. The van der Waals surface area contributed by atoms with Gasteiger partial charge in [-0.05, 0) is 39.9 Å². The number of nitrogens with zero attached hydrogens (tertiary/aromatic N) is 1. The van der Waals surface area contributed by atoms with E-state index in [0.717, 1.165) is 12.8 Å². The van der Waals surface area contributed by atoms with Gasteiger partial charge in [-0.15, -0.1) is 0 Å². The van der Waals surface area contributed by atoms with E-state index in [1.807, 2.05) is 0 Å². The molecule has 100 valence electrons. The number of unbranched alkanes of at least 4 members (excludes halogenated alkanes) is 7. The monoisotopic (exact) mass is 241 g/mol. The Hall–Kier alpha value is -0.830. The van der Waals surface area contributed by atoms with Gasteiger partial charge in [0.25, 0.3) is 0 Å². The normalized spacial score (nSPS) is 11.5. The zero-order valence-electron chi connectivity index (χ0n) is 11.3. The molecule has 17 heavy (non-hydrogen) atoms. The Morgan fingerprint density at radius 3 is 2.06 bits per heavy atom. The van der Waals surface area contributed by atoms with Crippen LogP contribution in [0.5, 0.6) is 0 Å². The average Bonchev–Trinajstić information content (AvgIpc) is 2.25. The number of rotatable bonds is 11. The SMILES string of the molecule is CN(C)CCCCCCCCC/C=C/C(=O)O. The Morgan fingerprint density at radius 1 is 1.00 bits per heavy atom. The second-order valence-electron chi connectivity index (χ2n) is 4.81. The first-order valence-electron chi connectivity index (χ1n) is 6.67. The minimum absolute atomic E-state index is 0.842. The lowest BCUT2D eigenvalue weighted by Crippen LogP contribution is -2.12. The standard InChI is InChI=1S/C14H27NO2/c1-15(2)13-11-9-7-5-3-4-6-8-10-12-14(16)17/h10,12H,3-9,11,13H2,1-2H3,(H,16,17)/b12-10+. The van der Waals surface area contributed by atoms with Crippen molar-refractivity contribution in [1.82, 2.24) is 4.90 Å². The number of carbonyl (C=O) groups is 1. The fourth-order valence-corrected chi connectivity index (χ4v) is 1.76. The van der Waals surface area contributed by atoms with Crippen molar-refractivity contribution in [2.45, 2.75) is 51.4 Å². The Morgan fingerprint density at radius 2 is 1.53 bits per heavy atom. The van der Waals surface area contributed by atoms with Crippen LogP contribution in [0.1, 0.15) is 51.4 Å². The fourth-order valence-electron chi connectivity index (χ4n) is 1.76. The van der Waals surface area contributed by atoms with Crippen molar-refractivity contribution in [3.63, 3.8) is 0 Å². The van der Waals surface area contributed by atoms with Gasteiger partial charge in [0.1, 0.15) is 0 Å². The number of carboxylic acid groups (broad SMARTS) is 1. The molecule has 0 aromatic heterocycles. The van der Waals surface area contributed by atoms with Crippen molar-refractivity contribution < 1.29 is 9.90 Å². The van der Waals surface area contributed by atoms with E-state index in [0.29, 0.717) is 0 Å². The van der Waals surface area contributed by atoms with Crippen LogP contribution in [0.25, 0.3) is 0 Å². The van der Waals surface area contributed by atoms with E-state index < -0.39 is 5.97 Å². The molecular formula is C14H27NO2. The van der Waals surface area contributed by atoms with Gasteiger partial charge in [-0.1, -0.05) is 38.2 Å². The smallest absolute Gasteiger partial charge is 0.327 e. The molecule has 0 saturated heterocycles. The molecule has 0 rings (SSSR count). The summed E-state index contributed by atoms with van der Waals surface area (Å²) in [6, 6.07) is 0. The Kier molecular flexibility index (Phi) is 11.1. The first kappa shape index (κ1) is 16.2. The Bertz CT molecular complexity index is 212. The minimum Gasteiger partial charge on any atom is -0.478 e. The van der Waals surface area contributed by atoms with Gasteiger partial charge in [-0.2, -0.15) is 0 Å². The third-order valence-electron chi connectivity index (χ3n) is 2.74. The van der Waals surface area contributed by atoms with Crippen molar-refractivity contribution in [3.8, 4) is 0 Å². The highest BCUT2D eigenvalue weighted by Gasteiger charge is 1.93. The molecule has 1 N–H and O–H groups in total. The van der Waals surface area contributed by atoms with E-state index in [9.17, 15) is 4.79 Å². The van der Waals surface area contributed by atoms with Crippen LogP contribution in [0, 0.1) is 0 Å². The summed E-state index contributed by atoms with van der Waals surface area (Å²) in [4.78, 5) is 12.4. The van der Waals surface area contributed by atoms with Crippen molar-refractivity contribution in [1.29, 1.82) is 0 Å². The number of carboxylic acids is 1. The molecule has 3 nitrogen and oxygen atoms in total. The molecule has 0 aliphatic carbocycles. The molecular weight excluding hydrogens is 214 g/mol. The van der Waals surface area contributed by atoms with Crippen molar-refractivity contribution in [3.05, 3.63) is 12.2 Å². The molecule has 0 unspecified atom stereocenters. The Balaban J connectivity index is 3.06. The van der Waals surface area contributed by atoms with Crippen LogP contribution in [0.3, 0.4) is 0 Å². The topological polar surface area (TPSA) is 40.5 Å². The second-order valence-corrected chi connectivity index (χ2v) is 4.81. The Labute approximate surface area is 106 Å². The molecule has 0 aromatic carbocycles. The third-order valence-corrected chi connectivity index (χ3v) is 2.74. The van der Waals surface area contributed by atoms with Crippen LogP contribution < -0.4 is 0 Å². The molecule has 0 spiro atoms. The van der Waals surface area contributed by atoms with E-state index in [1.165, 1.54) is 51.1 Å². The lowest BCUT2D eigenvalue weighted by molar-refractivity contribution is -0.131. The molecule has 0 amide bonds. The highest BCUT2D eigenvalue weighted by Crippen LogP contribution is 2.08. The van der Waals surface area contributed by atoms with Crippen LogP contribution >= 0.6 is 0 Å². The highest BCUT2D eigenvalue weighted by molar-refractivity contribution is 5.79. The van der Waals surface area contributed by atoms with Gasteiger partial charge in [-0.25, -0.2) is 4.79 Å². The van der Waals surface area contributed by atoms with Crippen LogP contribution in [0.15, 0.2) is 12.2 Å². The van der Waals surface area contributed by atoms with Crippen LogP contribution in [-0.4, -0.2) is 36.6 Å². The maximum atomic E-state index is 10.2. The molecule has 0 radical (unpaired) electrons. The zero-order valence-corrected chi connectivity index (χ0v) is 11.3. The largest absolute Gasteiger partial charge is 0.478 e. The van der Waals surface area contributed by atoms with Gasteiger partial charge in [0.2, 0.25) is 0 Å². The third kappa shape index (κ3) is 15.2. The quantitative estimate of drug-likeness (QED) is 0.445. The summed E-state index contributed by atoms with van der Waals surface area (Å²) in [6.45, 7) is 1.19. The molecule has 0 fully saturated rings. The summed E-state index contributed by atoms with van der Waals surface area (Å²) in [5, 5.41) is 8.39. The van der Waals surface area contributed by atoms with Crippen LogP contribution in [-0.2, 0) is 4.79 Å². The first-order chi connectivity index (χ1) is 8.13. The maximum Gasteiger partial charge on any atom is 0.327 e. The minimum atomic E-state index is -0.842. The summed E-state index contributed by atoms with van der Waals surface area (Å²) in [5.74, 6) is -0.842. The first-order valence-corrected chi connectivity index (χ1v) is 6.67. The highest BCUT2D eigenvalue weighted by atomic mass is 16.4. The van der Waals surface area contributed by atoms with Gasteiger partial charge >= 0.3 is 5.97 Å². The molecule has 0 saturated carbocycles. The summed E-state index contributed by atoms with van der Waals surface area (Å²) in [6.07, 6.45) is 12.8. The zero-order chi connectivity index (χ0) is 12.9. The molecule has 3 heteroatoms. The van der Waals surface area contributed by atoms with Gasteiger partial charge in [0, 0.05) is 6.08 Å². The van der Waals surface area contributed by atoms with Crippen LogP contribution in [0.2, 0.25) is 0 Å². The van der Waals surface area contributed by atoms with Gasteiger partial charge < -0.3 is 10.0 Å². The molecule has 0 aliphatic rings. The van der Waals surface area contributed by atoms with E-state index >= 15 is 0 Å². The molecule has 0 heterocycles. The summed E-state index contributed by atoms with van der Waals surface area (Å²) >= 11 is 0. The lowest BCUT2D eigenvalue weighted by atomic mass is 10.1. The van der Waals surface area contributed by atoms with Crippen molar-refractivity contribution in [2.24, 2.45) is 0 Å². The van der Waals surface area contributed by atoms with E-state index in [2.05, 4.69) is 19.0 Å². The number of allylic oxidation sites excluding steroid dienone is 1.